The lowest BCUT2D eigenvalue weighted by molar-refractivity contribution is -0.137. The fourth-order valence-electron chi connectivity index (χ4n) is 4.02. The SMILES string of the molecule is N#CCCNC(=O)c1cccc(-c2cccc3c2CC(Cc2cccc(C(F)(F)F)c2)O3)c1. The van der Waals surface area contributed by atoms with Gasteiger partial charge in [-0.15, -0.1) is 0 Å². The summed E-state index contributed by atoms with van der Waals surface area (Å²) >= 11 is 0. The van der Waals surface area contributed by atoms with E-state index >= 15 is 0 Å². The van der Waals surface area contributed by atoms with Gasteiger partial charge in [0.05, 0.1) is 18.1 Å². The van der Waals surface area contributed by atoms with Gasteiger partial charge in [0.2, 0.25) is 0 Å². The van der Waals surface area contributed by atoms with Crippen molar-refractivity contribution in [3.05, 3.63) is 89.0 Å². The number of nitriles is 1. The highest BCUT2D eigenvalue weighted by atomic mass is 19.4. The molecule has 4 rings (SSSR count). The van der Waals surface area contributed by atoms with Crippen molar-refractivity contribution in [1.82, 2.24) is 5.32 Å². The Morgan fingerprint density at radius 1 is 1.09 bits per heavy atom. The molecule has 0 bridgehead atoms. The molecule has 33 heavy (non-hydrogen) atoms. The summed E-state index contributed by atoms with van der Waals surface area (Å²) < 4.78 is 45.2. The van der Waals surface area contributed by atoms with Gasteiger partial charge in [0.25, 0.3) is 5.91 Å². The number of hydrogen-bond donors (Lipinski definition) is 1. The Bertz CT molecular complexity index is 1210. The maximum absolute atomic E-state index is 13.0. The molecule has 4 nitrogen and oxygen atoms in total. The van der Waals surface area contributed by atoms with Gasteiger partial charge < -0.3 is 10.1 Å². The highest BCUT2D eigenvalue weighted by Crippen LogP contribution is 2.38. The normalized spacial score (nSPS) is 14.8. The zero-order valence-electron chi connectivity index (χ0n) is 17.7. The van der Waals surface area contributed by atoms with Gasteiger partial charge in [0.15, 0.2) is 0 Å². The summed E-state index contributed by atoms with van der Waals surface area (Å²) in [7, 11) is 0. The lowest BCUT2D eigenvalue weighted by Gasteiger charge is -2.12. The van der Waals surface area contributed by atoms with Crippen molar-refractivity contribution in [1.29, 1.82) is 5.26 Å². The predicted octanol–water partition coefficient (Wildman–Crippen LogP) is 5.56. The van der Waals surface area contributed by atoms with Gasteiger partial charge in [-0.2, -0.15) is 18.4 Å². The first-order valence-electron chi connectivity index (χ1n) is 10.6. The van der Waals surface area contributed by atoms with Gasteiger partial charge in [-0.1, -0.05) is 42.5 Å². The first-order chi connectivity index (χ1) is 15.8. The molecular formula is C26H21F3N2O2. The molecule has 1 N–H and O–H groups in total. The average Bonchev–Trinajstić information content (AvgIpc) is 3.21. The summed E-state index contributed by atoms with van der Waals surface area (Å²) in [4.78, 5) is 12.4. The zero-order valence-corrected chi connectivity index (χ0v) is 17.7. The van der Waals surface area contributed by atoms with Crippen LogP contribution < -0.4 is 10.1 Å². The van der Waals surface area contributed by atoms with E-state index in [0.29, 0.717) is 29.7 Å². The van der Waals surface area contributed by atoms with Crippen LogP contribution in [-0.4, -0.2) is 18.6 Å². The van der Waals surface area contributed by atoms with E-state index in [4.69, 9.17) is 10.00 Å². The standard InChI is InChI=1S/C26H21F3N2O2/c27-26(28,29)20-8-1-5-17(13-20)14-21-16-23-22(9-3-10-24(23)33-21)18-6-2-7-19(15-18)25(32)31-12-4-11-30/h1-3,5-10,13,15,21H,4,12,14,16H2,(H,31,32). The Morgan fingerprint density at radius 2 is 1.88 bits per heavy atom. The molecular weight excluding hydrogens is 429 g/mol. The summed E-state index contributed by atoms with van der Waals surface area (Å²) in [5.41, 5.74) is 3.13. The highest BCUT2D eigenvalue weighted by molar-refractivity contribution is 5.95. The number of ether oxygens (including phenoxy) is 1. The average molecular weight is 450 g/mol. The van der Waals surface area contributed by atoms with Crippen molar-refractivity contribution < 1.29 is 22.7 Å². The molecule has 168 valence electrons. The van der Waals surface area contributed by atoms with E-state index < -0.39 is 11.7 Å². The van der Waals surface area contributed by atoms with E-state index in [1.165, 1.54) is 12.1 Å². The third-order valence-corrected chi connectivity index (χ3v) is 5.53. The fourth-order valence-corrected chi connectivity index (χ4v) is 4.02. The van der Waals surface area contributed by atoms with Gasteiger partial charge in [-0.25, -0.2) is 0 Å². The summed E-state index contributed by atoms with van der Waals surface area (Å²) in [5, 5.41) is 11.3. The van der Waals surface area contributed by atoms with Crippen molar-refractivity contribution >= 4 is 5.91 Å². The van der Waals surface area contributed by atoms with Crippen LogP contribution in [0.1, 0.15) is 33.5 Å². The number of carbonyl (C=O) groups excluding carboxylic acids is 1. The molecule has 3 aromatic rings. The Morgan fingerprint density at radius 3 is 2.67 bits per heavy atom. The van der Waals surface area contributed by atoms with E-state index in [0.717, 1.165) is 22.8 Å². The van der Waals surface area contributed by atoms with Gasteiger partial charge in [-0.05, 0) is 41.0 Å². The highest BCUT2D eigenvalue weighted by Gasteiger charge is 2.31. The largest absolute Gasteiger partial charge is 0.489 e. The summed E-state index contributed by atoms with van der Waals surface area (Å²) in [6.45, 7) is 0.283. The minimum atomic E-state index is -4.38. The summed E-state index contributed by atoms with van der Waals surface area (Å²) in [6, 6.07) is 20.2. The van der Waals surface area contributed by atoms with E-state index in [1.54, 1.807) is 24.3 Å². The topological polar surface area (TPSA) is 62.1 Å². The van der Waals surface area contributed by atoms with E-state index in [2.05, 4.69) is 5.32 Å². The molecule has 0 aromatic heterocycles. The maximum atomic E-state index is 13.0. The molecule has 0 saturated carbocycles. The van der Waals surface area contributed by atoms with E-state index in [-0.39, 0.29) is 25.0 Å². The Hall–Kier alpha value is -3.79. The van der Waals surface area contributed by atoms with Crippen LogP contribution in [0.4, 0.5) is 13.2 Å². The van der Waals surface area contributed by atoms with Crippen LogP contribution in [0.25, 0.3) is 11.1 Å². The number of halogens is 3. The van der Waals surface area contributed by atoms with Crippen molar-refractivity contribution in [2.24, 2.45) is 0 Å². The number of nitrogens with one attached hydrogen (secondary N) is 1. The first kappa shape index (κ1) is 22.4. The van der Waals surface area contributed by atoms with Crippen molar-refractivity contribution in [2.75, 3.05) is 6.54 Å². The second-order valence-electron chi connectivity index (χ2n) is 7.87. The zero-order chi connectivity index (χ0) is 23.4. The van der Waals surface area contributed by atoms with Crippen LogP contribution in [0.15, 0.2) is 66.7 Å². The fraction of sp³-hybridized carbons (Fsp3) is 0.231. The summed E-state index contributed by atoms with van der Waals surface area (Å²) in [5.74, 6) is 0.451. The third-order valence-electron chi connectivity index (χ3n) is 5.53. The third kappa shape index (κ3) is 5.17. The van der Waals surface area contributed by atoms with Crippen molar-refractivity contribution in [2.45, 2.75) is 31.5 Å². The molecule has 7 heteroatoms. The second kappa shape index (κ2) is 9.37. The Kier molecular flexibility index (Phi) is 6.36. The number of hydrogen-bond acceptors (Lipinski definition) is 3. The van der Waals surface area contributed by atoms with Gasteiger partial charge in [0, 0.05) is 30.5 Å². The molecule has 3 aromatic carbocycles. The number of benzene rings is 3. The van der Waals surface area contributed by atoms with Gasteiger partial charge in [0.1, 0.15) is 11.9 Å². The molecule has 1 amide bonds. The Balaban J connectivity index is 1.53. The molecule has 0 aliphatic carbocycles. The first-order valence-corrected chi connectivity index (χ1v) is 10.6. The minimum absolute atomic E-state index is 0.238. The van der Waals surface area contributed by atoms with Crippen LogP contribution in [0.2, 0.25) is 0 Å². The number of fused-ring (bicyclic) bond motifs is 1. The molecule has 0 spiro atoms. The molecule has 0 saturated heterocycles. The van der Waals surface area contributed by atoms with Crippen LogP contribution in [-0.2, 0) is 19.0 Å². The number of carbonyl (C=O) groups is 1. The predicted molar refractivity (Wildman–Crippen MR) is 118 cm³/mol. The number of alkyl halides is 3. The van der Waals surface area contributed by atoms with Crippen LogP contribution in [0, 0.1) is 11.3 Å². The molecule has 1 atom stereocenters. The molecule has 0 radical (unpaired) electrons. The van der Waals surface area contributed by atoms with E-state index in [9.17, 15) is 18.0 Å². The number of amides is 1. The monoisotopic (exact) mass is 450 g/mol. The summed E-state index contributed by atoms with van der Waals surface area (Å²) in [6.07, 6.45) is -3.50. The van der Waals surface area contributed by atoms with Crippen LogP contribution >= 0.6 is 0 Å². The van der Waals surface area contributed by atoms with Gasteiger partial charge in [-0.3, -0.25) is 4.79 Å². The van der Waals surface area contributed by atoms with Crippen LogP contribution in [0.5, 0.6) is 5.75 Å². The van der Waals surface area contributed by atoms with Crippen LogP contribution in [0.3, 0.4) is 0 Å². The quantitative estimate of drug-likeness (QED) is 0.500. The molecule has 0 fully saturated rings. The lowest BCUT2D eigenvalue weighted by atomic mass is 9.94. The van der Waals surface area contributed by atoms with Crippen molar-refractivity contribution in [3.63, 3.8) is 0 Å². The van der Waals surface area contributed by atoms with Crippen molar-refractivity contribution in [3.8, 4) is 22.9 Å². The van der Waals surface area contributed by atoms with E-state index in [1.807, 2.05) is 30.3 Å². The molecule has 1 heterocycles. The number of nitrogens with zero attached hydrogens (tertiary/aromatic N) is 1. The smallest absolute Gasteiger partial charge is 0.416 e. The maximum Gasteiger partial charge on any atom is 0.416 e. The van der Waals surface area contributed by atoms with Gasteiger partial charge >= 0.3 is 6.18 Å². The molecule has 1 unspecified atom stereocenters. The second-order valence-corrected chi connectivity index (χ2v) is 7.87. The molecule has 1 aliphatic rings. The molecule has 1 aliphatic heterocycles. The number of rotatable bonds is 6. The minimum Gasteiger partial charge on any atom is -0.489 e. The lowest BCUT2D eigenvalue weighted by Crippen LogP contribution is -2.24. The Labute approximate surface area is 189 Å².